The summed E-state index contributed by atoms with van der Waals surface area (Å²) in [5, 5.41) is 3.85. The first-order chi connectivity index (χ1) is 7.96. The fraction of sp³-hybridized carbons (Fsp3) is 0.800. The lowest BCUT2D eigenvalue weighted by molar-refractivity contribution is 0.365. The zero-order valence-electron chi connectivity index (χ0n) is 9.80. The normalized spacial score (nSPS) is 24.9. The van der Waals surface area contributed by atoms with E-state index in [1.54, 1.807) is 0 Å². The molecule has 0 spiro atoms. The maximum Gasteiger partial charge on any atom is 0.226 e. The molecule has 2 N–H and O–H groups in total. The van der Waals surface area contributed by atoms with E-state index in [-0.39, 0.29) is 23.5 Å². The maximum atomic E-state index is 11.3. The molecule has 2 rings (SSSR count). The van der Waals surface area contributed by atoms with Gasteiger partial charge in [0.25, 0.3) is 0 Å². The van der Waals surface area contributed by atoms with Gasteiger partial charge in [0.1, 0.15) is 0 Å². The fourth-order valence-corrected chi connectivity index (χ4v) is 3.62. The first-order valence-electron chi connectivity index (χ1n) is 5.75. The molecule has 2 atom stereocenters. The second-order valence-electron chi connectivity index (χ2n) is 4.66. The van der Waals surface area contributed by atoms with E-state index in [9.17, 15) is 8.42 Å². The van der Waals surface area contributed by atoms with Crippen LogP contribution >= 0.6 is 0 Å². The molecule has 7 heteroatoms. The van der Waals surface area contributed by atoms with Crippen molar-refractivity contribution in [2.45, 2.75) is 38.1 Å². The Morgan fingerprint density at radius 1 is 1.59 bits per heavy atom. The van der Waals surface area contributed by atoms with Crippen molar-refractivity contribution in [1.29, 1.82) is 0 Å². The van der Waals surface area contributed by atoms with Gasteiger partial charge in [0.15, 0.2) is 15.7 Å². The summed E-state index contributed by atoms with van der Waals surface area (Å²) in [6.45, 7) is 1.92. The van der Waals surface area contributed by atoms with Gasteiger partial charge in [0.2, 0.25) is 5.89 Å². The number of nitrogens with zero attached hydrogens (tertiary/aromatic N) is 2. The summed E-state index contributed by atoms with van der Waals surface area (Å²) < 4.78 is 27.8. The number of nitrogens with two attached hydrogens (primary N) is 1. The van der Waals surface area contributed by atoms with Gasteiger partial charge in [-0.25, -0.2) is 8.42 Å². The van der Waals surface area contributed by atoms with Gasteiger partial charge >= 0.3 is 0 Å². The summed E-state index contributed by atoms with van der Waals surface area (Å²) in [6.07, 6.45) is 2.02. The number of sulfone groups is 1. The monoisotopic (exact) mass is 259 g/mol. The number of aromatic nitrogens is 2. The molecular formula is C10H17N3O3S. The Labute approximate surface area is 100 Å². The molecule has 1 saturated heterocycles. The van der Waals surface area contributed by atoms with Crippen LogP contribution in [0.1, 0.15) is 37.4 Å². The van der Waals surface area contributed by atoms with Crippen LogP contribution in [-0.2, 0) is 16.3 Å². The van der Waals surface area contributed by atoms with Gasteiger partial charge in [-0.2, -0.15) is 4.98 Å². The van der Waals surface area contributed by atoms with E-state index in [4.69, 9.17) is 10.3 Å². The number of aryl methyl sites for hydroxylation is 1. The first kappa shape index (κ1) is 12.5. The van der Waals surface area contributed by atoms with E-state index < -0.39 is 9.84 Å². The van der Waals surface area contributed by atoms with Gasteiger partial charge in [-0.1, -0.05) is 5.16 Å². The average Bonchev–Trinajstić information content (AvgIpc) is 2.81. The van der Waals surface area contributed by atoms with Crippen LogP contribution in [0.3, 0.4) is 0 Å². The average molecular weight is 259 g/mol. The lowest BCUT2D eigenvalue weighted by atomic mass is 10.1. The predicted octanol–water partition coefficient (Wildman–Crippen LogP) is 0.252. The van der Waals surface area contributed by atoms with Gasteiger partial charge in [-0.3, -0.25) is 0 Å². The maximum absolute atomic E-state index is 11.3. The molecule has 0 radical (unpaired) electrons. The van der Waals surface area contributed by atoms with Crippen LogP contribution in [0.15, 0.2) is 4.52 Å². The molecule has 1 aliphatic heterocycles. The van der Waals surface area contributed by atoms with Crippen LogP contribution in [0, 0.1) is 0 Å². The molecule has 0 bridgehead atoms. The Balaban J connectivity index is 1.99. The molecular weight excluding hydrogens is 242 g/mol. The van der Waals surface area contributed by atoms with Crippen molar-refractivity contribution in [1.82, 2.24) is 10.1 Å². The smallest absolute Gasteiger partial charge is 0.226 e. The predicted molar refractivity (Wildman–Crippen MR) is 62.3 cm³/mol. The Morgan fingerprint density at radius 2 is 2.35 bits per heavy atom. The molecule has 6 nitrogen and oxygen atoms in total. The van der Waals surface area contributed by atoms with Crippen molar-refractivity contribution in [3.8, 4) is 0 Å². The third-order valence-electron chi connectivity index (χ3n) is 2.89. The quantitative estimate of drug-likeness (QED) is 0.832. The summed E-state index contributed by atoms with van der Waals surface area (Å²) in [6, 6.07) is 0.0946. The largest absolute Gasteiger partial charge is 0.339 e. The minimum Gasteiger partial charge on any atom is -0.339 e. The number of hydrogen-bond donors (Lipinski definition) is 1. The topological polar surface area (TPSA) is 99.1 Å². The molecule has 1 aromatic heterocycles. The van der Waals surface area contributed by atoms with Crippen LogP contribution in [-0.4, -0.2) is 36.1 Å². The molecule has 17 heavy (non-hydrogen) atoms. The van der Waals surface area contributed by atoms with E-state index >= 15 is 0 Å². The van der Waals surface area contributed by atoms with Crippen LogP contribution in [0.25, 0.3) is 0 Å². The molecule has 0 amide bonds. The lowest BCUT2D eigenvalue weighted by Gasteiger charge is -2.00. The lowest BCUT2D eigenvalue weighted by Crippen LogP contribution is -2.15. The second kappa shape index (κ2) is 4.73. The highest BCUT2D eigenvalue weighted by molar-refractivity contribution is 7.91. The van der Waals surface area contributed by atoms with E-state index in [1.165, 1.54) is 0 Å². The van der Waals surface area contributed by atoms with Crippen molar-refractivity contribution < 1.29 is 12.9 Å². The number of rotatable bonds is 4. The van der Waals surface area contributed by atoms with Crippen LogP contribution in [0.2, 0.25) is 0 Å². The molecule has 96 valence electrons. The molecule has 1 aliphatic rings. The van der Waals surface area contributed by atoms with Gasteiger partial charge in [0, 0.05) is 18.4 Å². The summed E-state index contributed by atoms with van der Waals surface area (Å²) in [4.78, 5) is 4.23. The minimum absolute atomic E-state index is 0.0946. The zero-order chi connectivity index (χ0) is 12.5. The number of hydrogen-bond acceptors (Lipinski definition) is 6. The Bertz CT molecular complexity index is 481. The highest BCUT2D eigenvalue weighted by Crippen LogP contribution is 2.26. The summed E-state index contributed by atoms with van der Waals surface area (Å²) in [5.41, 5.74) is 5.64. The molecule has 2 heterocycles. The van der Waals surface area contributed by atoms with Crippen molar-refractivity contribution in [3.63, 3.8) is 0 Å². The third kappa shape index (κ3) is 3.26. The van der Waals surface area contributed by atoms with Gasteiger partial charge < -0.3 is 10.3 Å². The Kier molecular flexibility index (Phi) is 3.48. The van der Waals surface area contributed by atoms with E-state index in [0.29, 0.717) is 24.6 Å². The van der Waals surface area contributed by atoms with Gasteiger partial charge in [0.05, 0.1) is 11.5 Å². The Morgan fingerprint density at radius 3 is 2.94 bits per heavy atom. The van der Waals surface area contributed by atoms with Crippen molar-refractivity contribution in [3.05, 3.63) is 11.7 Å². The highest BCUT2D eigenvalue weighted by atomic mass is 32.2. The van der Waals surface area contributed by atoms with Crippen molar-refractivity contribution in [2.24, 2.45) is 5.73 Å². The van der Waals surface area contributed by atoms with Crippen LogP contribution < -0.4 is 5.73 Å². The van der Waals surface area contributed by atoms with E-state index in [0.717, 1.165) is 6.42 Å². The van der Waals surface area contributed by atoms with Crippen molar-refractivity contribution >= 4 is 9.84 Å². The Hall–Kier alpha value is -0.950. The molecule has 0 saturated carbocycles. The molecule has 0 aliphatic carbocycles. The molecule has 1 fully saturated rings. The van der Waals surface area contributed by atoms with Gasteiger partial charge in [-0.15, -0.1) is 0 Å². The van der Waals surface area contributed by atoms with E-state index in [1.807, 2.05) is 6.92 Å². The molecule has 2 unspecified atom stereocenters. The van der Waals surface area contributed by atoms with Crippen LogP contribution in [0.4, 0.5) is 0 Å². The highest BCUT2D eigenvalue weighted by Gasteiger charge is 2.32. The van der Waals surface area contributed by atoms with Crippen molar-refractivity contribution in [2.75, 3.05) is 11.5 Å². The summed E-state index contributed by atoms with van der Waals surface area (Å²) >= 11 is 0. The van der Waals surface area contributed by atoms with Gasteiger partial charge in [-0.05, 0) is 19.8 Å². The molecule has 0 aromatic carbocycles. The summed E-state index contributed by atoms with van der Waals surface area (Å²) in [5.74, 6) is 1.32. The third-order valence-corrected chi connectivity index (χ3v) is 4.66. The molecule has 1 aromatic rings. The standard InChI is InChI=1S/C10H17N3O3S/c1-7(11)2-3-9-12-10(13-16-9)8-4-5-17(14,15)6-8/h7-8H,2-6,11H2,1H3. The van der Waals surface area contributed by atoms with E-state index in [2.05, 4.69) is 10.1 Å². The second-order valence-corrected chi connectivity index (χ2v) is 6.89. The zero-order valence-corrected chi connectivity index (χ0v) is 10.6. The van der Waals surface area contributed by atoms with Crippen LogP contribution in [0.5, 0.6) is 0 Å². The summed E-state index contributed by atoms with van der Waals surface area (Å²) in [7, 11) is -2.90. The fourth-order valence-electron chi connectivity index (χ4n) is 1.89. The first-order valence-corrected chi connectivity index (χ1v) is 7.57. The SMILES string of the molecule is CC(N)CCc1nc(C2CCS(=O)(=O)C2)no1. The minimum atomic E-state index is -2.90.